The minimum Gasteiger partial charge on any atom is -0.457 e. The topological polar surface area (TPSA) is 142 Å². The highest BCUT2D eigenvalue weighted by molar-refractivity contribution is 5.99. The summed E-state index contributed by atoms with van der Waals surface area (Å²) in [7, 11) is 0. The second-order valence-electron chi connectivity index (χ2n) is 8.94. The summed E-state index contributed by atoms with van der Waals surface area (Å²) >= 11 is 0. The Morgan fingerprint density at radius 2 is 1.83 bits per heavy atom. The van der Waals surface area contributed by atoms with Crippen molar-refractivity contribution in [2.75, 3.05) is 10.6 Å². The van der Waals surface area contributed by atoms with Crippen molar-refractivity contribution in [3.05, 3.63) is 67.1 Å². The molecular formula is C24H25FN8O3. The number of primary amides is 1. The first-order chi connectivity index (χ1) is 17.1. The van der Waals surface area contributed by atoms with E-state index >= 15 is 0 Å². The van der Waals surface area contributed by atoms with E-state index < -0.39 is 17.8 Å². The number of carbonyl (C=O) groups excluding carboxylic acids is 2. The largest absolute Gasteiger partial charge is 0.457 e. The van der Waals surface area contributed by atoms with E-state index in [4.69, 9.17) is 10.5 Å². The number of rotatable bonds is 7. The number of pyridine rings is 1. The lowest BCUT2D eigenvalue weighted by Gasteiger charge is -2.18. The van der Waals surface area contributed by atoms with Crippen LogP contribution in [0, 0.1) is 5.82 Å². The first-order valence-electron chi connectivity index (χ1n) is 10.9. The Bertz CT molecular complexity index is 1410. The Balaban J connectivity index is 1.40. The fourth-order valence-electron chi connectivity index (χ4n) is 3.21. The molecule has 0 fully saturated rings. The van der Waals surface area contributed by atoms with E-state index in [1.165, 1.54) is 29.2 Å². The summed E-state index contributed by atoms with van der Waals surface area (Å²) in [6.45, 7) is 5.90. The average molecular weight is 493 g/mol. The molecule has 186 valence electrons. The average Bonchev–Trinajstić information content (AvgIpc) is 3.45. The summed E-state index contributed by atoms with van der Waals surface area (Å²) in [5, 5.41) is 13.4. The van der Waals surface area contributed by atoms with Crippen molar-refractivity contribution in [3.63, 3.8) is 0 Å². The standard InChI is InChI=1S/C24H25FN8O3/c1-24(2,3)33-13-16(11-29-33)30-23(35)31-20-5-4-17(8-19(20)25)36-18-6-7-27-21(9-18)15-10-28-32(12-15)14-22(26)34/h4-13H,14H2,1-3H3,(H2,26,34)(H2,30,31,35). The van der Waals surface area contributed by atoms with E-state index in [0.717, 1.165) is 6.07 Å². The maximum Gasteiger partial charge on any atom is 0.323 e. The number of nitrogens with one attached hydrogen (secondary N) is 2. The molecule has 11 nitrogen and oxygen atoms in total. The SMILES string of the molecule is CC(C)(C)n1cc(NC(=O)Nc2ccc(Oc3ccnc(-c4cnn(CC(N)=O)c4)c3)cc2F)cn1. The summed E-state index contributed by atoms with van der Waals surface area (Å²) in [5.41, 5.74) is 6.63. The summed E-state index contributed by atoms with van der Waals surface area (Å²) in [4.78, 5) is 27.6. The molecule has 0 bridgehead atoms. The molecule has 0 saturated heterocycles. The number of ether oxygens (including phenoxy) is 1. The molecule has 3 amide bonds. The molecule has 12 heteroatoms. The first-order valence-corrected chi connectivity index (χ1v) is 10.9. The fourth-order valence-corrected chi connectivity index (χ4v) is 3.21. The van der Waals surface area contributed by atoms with E-state index in [2.05, 4.69) is 25.8 Å². The minimum atomic E-state index is -0.671. The van der Waals surface area contributed by atoms with Crippen LogP contribution in [0.15, 0.2) is 61.3 Å². The lowest BCUT2D eigenvalue weighted by molar-refractivity contribution is -0.118. The van der Waals surface area contributed by atoms with E-state index in [9.17, 15) is 14.0 Å². The highest BCUT2D eigenvalue weighted by Gasteiger charge is 2.15. The molecule has 4 aromatic rings. The van der Waals surface area contributed by atoms with E-state index in [-0.39, 0.29) is 23.5 Å². The number of anilines is 2. The number of halogens is 1. The number of benzene rings is 1. The van der Waals surface area contributed by atoms with E-state index in [1.807, 2.05) is 20.8 Å². The third-order valence-corrected chi connectivity index (χ3v) is 4.93. The van der Waals surface area contributed by atoms with Crippen LogP contribution < -0.4 is 21.1 Å². The fraction of sp³-hybridized carbons (Fsp3) is 0.208. The Morgan fingerprint density at radius 1 is 1.06 bits per heavy atom. The normalized spacial score (nSPS) is 11.2. The number of aromatic nitrogens is 5. The van der Waals surface area contributed by atoms with Gasteiger partial charge in [0.15, 0.2) is 0 Å². The van der Waals surface area contributed by atoms with Crippen LogP contribution in [0.5, 0.6) is 11.5 Å². The summed E-state index contributed by atoms with van der Waals surface area (Å²) in [6, 6.07) is 6.76. The number of urea groups is 1. The van der Waals surface area contributed by atoms with Gasteiger partial charge in [0.2, 0.25) is 5.91 Å². The van der Waals surface area contributed by atoms with Gasteiger partial charge < -0.3 is 21.1 Å². The van der Waals surface area contributed by atoms with Crippen molar-refractivity contribution < 1.29 is 18.7 Å². The number of hydrogen-bond donors (Lipinski definition) is 3. The van der Waals surface area contributed by atoms with Crippen LogP contribution in [0.1, 0.15) is 20.8 Å². The number of amides is 3. The third kappa shape index (κ3) is 6.03. The smallest absolute Gasteiger partial charge is 0.323 e. The molecule has 0 unspecified atom stereocenters. The minimum absolute atomic E-state index is 0.0136. The van der Waals surface area contributed by atoms with Gasteiger partial charge in [0.25, 0.3) is 0 Å². The van der Waals surface area contributed by atoms with Gasteiger partial charge in [-0.05, 0) is 39.0 Å². The van der Waals surface area contributed by atoms with Crippen molar-refractivity contribution in [2.45, 2.75) is 32.9 Å². The van der Waals surface area contributed by atoms with E-state index in [1.54, 1.807) is 35.4 Å². The zero-order valence-corrected chi connectivity index (χ0v) is 19.9. The highest BCUT2D eigenvalue weighted by atomic mass is 19.1. The van der Waals surface area contributed by atoms with Gasteiger partial charge >= 0.3 is 6.03 Å². The van der Waals surface area contributed by atoms with Crippen LogP contribution in [0.4, 0.5) is 20.6 Å². The summed E-state index contributed by atoms with van der Waals surface area (Å²) in [6.07, 6.45) is 7.93. The van der Waals surface area contributed by atoms with Gasteiger partial charge in [-0.1, -0.05) is 0 Å². The molecule has 0 radical (unpaired) electrons. The highest BCUT2D eigenvalue weighted by Crippen LogP contribution is 2.28. The van der Waals surface area contributed by atoms with E-state index in [0.29, 0.717) is 22.7 Å². The van der Waals surface area contributed by atoms with Gasteiger partial charge in [-0.25, -0.2) is 9.18 Å². The quantitative estimate of drug-likeness (QED) is 0.357. The van der Waals surface area contributed by atoms with Gasteiger partial charge in [0, 0.05) is 36.3 Å². The second-order valence-corrected chi connectivity index (χ2v) is 8.94. The Kier molecular flexibility index (Phi) is 6.68. The van der Waals surface area contributed by atoms with Crippen LogP contribution in [-0.2, 0) is 16.9 Å². The van der Waals surface area contributed by atoms with Crippen molar-refractivity contribution >= 4 is 23.3 Å². The Morgan fingerprint density at radius 3 is 2.53 bits per heavy atom. The maximum absolute atomic E-state index is 14.7. The van der Waals surface area contributed by atoms with Crippen molar-refractivity contribution in [3.8, 4) is 22.8 Å². The molecule has 0 spiro atoms. The molecule has 0 aliphatic rings. The van der Waals surface area contributed by atoms with Crippen LogP contribution in [0.25, 0.3) is 11.3 Å². The van der Waals surface area contributed by atoms with Crippen LogP contribution >= 0.6 is 0 Å². The number of nitrogens with two attached hydrogens (primary N) is 1. The summed E-state index contributed by atoms with van der Waals surface area (Å²) < 4.78 is 23.5. The first kappa shape index (κ1) is 24.4. The number of hydrogen-bond acceptors (Lipinski definition) is 6. The van der Waals surface area contributed by atoms with Crippen LogP contribution in [-0.4, -0.2) is 36.5 Å². The molecule has 36 heavy (non-hydrogen) atoms. The van der Waals surface area contributed by atoms with Crippen LogP contribution in [0.2, 0.25) is 0 Å². The predicted octanol–water partition coefficient (Wildman–Crippen LogP) is 3.96. The molecule has 4 N–H and O–H groups in total. The zero-order chi connectivity index (χ0) is 25.9. The van der Waals surface area contributed by atoms with Crippen molar-refractivity contribution in [1.82, 2.24) is 24.5 Å². The third-order valence-electron chi connectivity index (χ3n) is 4.93. The molecule has 0 aliphatic heterocycles. The van der Waals surface area contributed by atoms with Gasteiger partial charge in [0.1, 0.15) is 23.9 Å². The number of nitrogens with zero attached hydrogens (tertiary/aromatic N) is 5. The molecule has 3 aromatic heterocycles. The van der Waals surface area contributed by atoms with Gasteiger partial charge in [-0.3, -0.25) is 19.1 Å². The van der Waals surface area contributed by atoms with Crippen molar-refractivity contribution in [2.24, 2.45) is 5.73 Å². The molecular weight excluding hydrogens is 467 g/mol. The van der Waals surface area contributed by atoms with Gasteiger partial charge in [0.05, 0.1) is 35.0 Å². The van der Waals surface area contributed by atoms with Crippen LogP contribution in [0.3, 0.4) is 0 Å². The Hall–Kier alpha value is -4.74. The lowest BCUT2D eigenvalue weighted by atomic mass is 10.1. The molecule has 0 atom stereocenters. The Labute approximate surface area is 206 Å². The van der Waals surface area contributed by atoms with Gasteiger partial charge in [-0.2, -0.15) is 10.2 Å². The maximum atomic E-state index is 14.7. The molecule has 3 heterocycles. The van der Waals surface area contributed by atoms with Crippen molar-refractivity contribution in [1.29, 1.82) is 0 Å². The lowest BCUT2D eigenvalue weighted by Crippen LogP contribution is -2.22. The number of carbonyl (C=O) groups is 2. The molecule has 0 saturated carbocycles. The second kappa shape index (κ2) is 9.86. The monoisotopic (exact) mass is 492 g/mol. The molecule has 1 aromatic carbocycles. The molecule has 4 rings (SSSR count). The molecule has 0 aliphatic carbocycles. The summed E-state index contributed by atoms with van der Waals surface area (Å²) in [5.74, 6) is -0.540. The zero-order valence-electron chi connectivity index (χ0n) is 19.9. The predicted molar refractivity (Wildman–Crippen MR) is 131 cm³/mol. The van der Waals surface area contributed by atoms with Gasteiger partial charge in [-0.15, -0.1) is 0 Å².